The van der Waals surface area contributed by atoms with Crippen molar-refractivity contribution in [2.45, 2.75) is 32.4 Å². The van der Waals surface area contributed by atoms with Gasteiger partial charge in [0.15, 0.2) is 5.82 Å². The summed E-state index contributed by atoms with van der Waals surface area (Å²) in [5.41, 5.74) is 0.855. The average Bonchev–Trinajstić information content (AvgIpc) is 3.39. The summed E-state index contributed by atoms with van der Waals surface area (Å²) in [6, 6.07) is 0.696. The van der Waals surface area contributed by atoms with E-state index in [9.17, 15) is 4.79 Å². The number of hydrogen-bond donors (Lipinski definition) is 1. The number of amides is 1. The summed E-state index contributed by atoms with van der Waals surface area (Å²) in [6.45, 7) is 3.71. The lowest BCUT2D eigenvalue weighted by Gasteiger charge is -2.15. The molecule has 25 heavy (non-hydrogen) atoms. The maximum Gasteiger partial charge on any atom is 0.261 e. The zero-order chi connectivity index (χ0) is 18.0. The number of ether oxygens (including phenoxy) is 2. The smallest absolute Gasteiger partial charge is 0.261 e. The van der Waals surface area contributed by atoms with Crippen LogP contribution in [0.15, 0.2) is 0 Å². The lowest BCUT2D eigenvalue weighted by molar-refractivity contribution is 0.0953. The first kappa shape index (κ1) is 18.0. The van der Waals surface area contributed by atoms with Crippen molar-refractivity contribution in [3.8, 4) is 5.88 Å². The van der Waals surface area contributed by atoms with Gasteiger partial charge in [-0.3, -0.25) is 4.79 Å². The zero-order valence-electron chi connectivity index (χ0n) is 15.1. The van der Waals surface area contributed by atoms with Crippen LogP contribution in [0.2, 0.25) is 0 Å². The number of likely N-dealkylation sites (N-methyl/N-ethyl adjacent to an activating group) is 1. The van der Waals surface area contributed by atoms with Crippen molar-refractivity contribution in [2.24, 2.45) is 0 Å². The third-order valence-electron chi connectivity index (χ3n) is 4.40. The second-order valence-corrected chi connectivity index (χ2v) is 7.29. The van der Waals surface area contributed by atoms with E-state index in [1.54, 1.807) is 14.2 Å². The second kappa shape index (κ2) is 7.63. The Morgan fingerprint density at radius 1 is 1.36 bits per heavy atom. The molecule has 0 spiro atoms. The van der Waals surface area contributed by atoms with Crippen LogP contribution in [0.25, 0.3) is 10.2 Å². The molecule has 1 aliphatic rings. The first-order valence-electron chi connectivity index (χ1n) is 8.36. The Morgan fingerprint density at radius 3 is 2.76 bits per heavy atom. The number of carbonyl (C=O) groups is 1. The van der Waals surface area contributed by atoms with Crippen molar-refractivity contribution < 1.29 is 14.3 Å². The number of aromatic nitrogens is 2. The van der Waals surface area contributed by atoms with Crippen molar-refractivity contribution in [3.05, 3.63) is 16.3 Å². The Hall–Kier alpha value is -1.77. The van der Waals surface area contributed by atoms with E-state index in [2.05, 4.69) is 27.2 Å². The van der Waals surface area contributed by atoms with Crippen LogP contribution in [-0.4, -0.2) is 61.2 Å². The van der Waals surface area contributed by atoms with E-state index in [1.807, 2.05) is 6.92 Å². The van der Waals surface area contributed by atoms with E-state index in [-0.39, 0.29) is 5.91 Å². The SMILES string of the molecule is COCc1nc(OC)c2c(C)c(C(=O)NCCN(C)C3CC3)sc2n1. The quantitative estimate of drug-likeness (QED) is 0.772. The molecule has 1 amide bonds. The molecule has 7 nitrogen and oxygen atoms in total. The lowest BCUT2D eigenvalue weighted by atomic mass is 10.2. The van der Waals surface area contributed by atoms with E-state index in [1.165, 1.54) is 24.2 Å². The Bertz CT molecular complexity index is 773. The topological polar surface area (TPSA) is 76.6 Å². The van der Waals surface area contributed by atoms with Gasteiger partial charge in [0.2, 0.25) is 5.88 Å². The molecule has 0 aromatic carbocycles. The van der Waals surface area contributed by atoms with Gasteiger partial charge in [0.25, 0.3) is 5.91 Å². The largest absolute Gasteiger partial charge is 0.480 e. The Kier molecular flexibility index (Phi) is 5.51. The van der Waals surface area contributed by atoms with Crippen LogP contribution < -0.4 is 10.1 Å². The summed E-state index contributed by atoms with van der Waals surface area (Å²) in [5, 5.41) is 3.81. The summed E-state index contributed by atoms with van der Waals surface area (Å²) in [4.78, 5) is 25.1. The molecular formula is C17H24N4O3S. The summed E-state index contributed by atoms with van der Waals surface area (Å²) < 4.78 is 10.5. The number of carbonyl (C=O) groups excluding carboxylic acids is 1. The van der Waals surface area contributed by atoms with Gasteiger partial charge in [-0.25, -0.2) is 4.98 Å². The third kappa shape index (κ3) is 3.91. The van der Waals surface area contributed by atoms with E-state index < -0.39 is 0 Å². The molecule has 3 rings (SSSR count). The molecule has 8 heteroatoms. The molecule has 2 aromatic rings. The fourth-order valence-corrected chi connectivity index (χ4v) is 3.93. The van der Waals surface area contributed by atoms with Crippen molar-refractivity contribution in [2.75, 3.05) is 34.4 Å². The standard InChI is InChI=1S/C17H24N4O3S/c1-10-13-16(24-4)19-12(9-23-3)20-17(13)25-14(10)15(22)18-7-8-21(2)11-5-6-11/h11H,5-9H2,1-4H3,(H,18,22). The molecule has 2 aromatic heterocycles. The molecule has 0 radical (unpaired) electrons. The number of aryl methyl sites for hydroxylation is 1. The highest BCUT2D eigenvalue weighted by Gasteiger charge is 2.26. The van der Waals surface area contributed by atoms with Crippen LogP contribution in [0.3, 0.4) is 0 Å². The van der Waals surface area contributed by atoms with Gasteiger partial charge in [-0.05, 0) is 32.4 Å². The predicted molar refractivity (Wildman–Crippen MR) is 97.4 cm³/mol. The molecule has 0 bridgehead atoms. The van der Waals surface area contributed by atoms with Gasteiger partial charge in [-0.15, -0.1) is 11.3 Å². The number of thiophene rings is 1. The maximum atomic E-state index is 12.6. The lowest BCUT2D eigenvalue weighted by Crippen LogP contribution is -2.33. The monoisotopic (exact) mass is 364 g/mol. The average molecular weight is 364 g/mol. The van der Waals surface area contributed by atoms with Crippen LogP contribution >= 0.6 is 11.3 Å². The second-order valence-electron chi connectivity index (χ2n) is 6.29. The van der Waals surface area contributed by atoms with E-state index >= 15 is 0 Å². The van der Waals surface area contributed by atoms with Crippen molar-refractivity contribution in [1.29, 1.82) is 0 Å². The van der Waals surface area contributed by atoms with Gasteiger partial charge in [0, 0.05) is 26.2 Å². The molecular weight excluding hydrogens is 340 g/mol. The maximum absolute atomic E-state index is 12.6. The van der Waals surface area contributed by atoms with Crippen LogP contribution in [-0.2, 0) is 11.3 Å². The van der Waals surface area contributed by atoms with E-state index in [0.717, 1.165) is 22.3 Å². The number of fused-ring (bicyclic) bond motifs is 1. The molecule has 0 saturated heterocycles. The van der Waals surface area contributed by atoms with Crippen molar-refractivity contribution >= 4 is 27.5 Å². The summed E-state index contributed by atoms with van der Waals surface area (Å²) in [7, 11) is 5.27. The van der Waals surface area contributed by atoms with Gasteiger partial charge in [0.05, 0.1) is 17.4 Å². The normalized spacial score (nSPS) is 14.3. The van der Waals surface area contributed by atoms with E-state index in [4.69, 9.17) is 9.47 Å². The first-order chi connectivity index (χ1) is 12.0. The molecule has 1 N–H and O–H groups in total. The first-order valence-corrected chi connectivity index (χ1v) is 9.18. The van der Waals surface area contributed by atoms with Crippen molar-refractivity contribution in [3.63, 3.8) is 0 Å². The highest BCUT2D eigenvalue weighted by molar-refractivity contribution is 7.20. The minimum Gasteiger partial charge on any atom is -0.480 e. The van der Waals surface area contributed by atoms with Gasteiger partial charge in [-0.2, -0.15) is 4.98 Å². The van der Waals surface area contributed by atoms with Crippen LogP contribution in [0.5, 0.6) is 5.88 Å². The molecule has 1 aliphatic carbocycles. The number of nitrogens with zero attached hydrogens (tertiary/aromatic N) is 3. The summed E-state index contributed by atoms with van der Waals surface area (Å²) in [6.07, 6.45) is 2.53. The van der Waals surface area contributed by atoms with E-state index in [0.29, 0.717) is 35.8 Å². The minimum atomic E-state index is -0.0694. The van der Waals surface area contributed by atoms with Gasteiger partial charge in [-0.1, -0.05) is 0 Å². The van der Waals surface area contributed by atoms with Crippen molar-refractivity contribution in [1.82, 2.24) is 20.2 Å². The van der Waals surface area contributed by atoms with Crippen LogP contribution in [0.1, 0.15) is 33.9 Å². The molecule has 1 saturated carbocycles. The Balaban J connectivity index is 1.78. The van der Waals surface area contributed by atoms with Gasteiger partial charge < -0.3 is 19.7 Å². The van der Waals surface area contributed by atoms with Crippen LogP contribution in [0, 0.1) is 6.92 Å². The number of rotatable bonds is 8. The molecule has 2 heterocycles. The molecule has 0 unspecified atom stereocenters. The highest BCUT2D eigenvalue weighted by Crippen LogP contribution is 2.35. The highest BCUT2D eigenvalue weighted by atomic mass is 32.1. The molecule has 0 aliphatic heterocycles. The predicted octanol–water partition coefficient (Wildman–Crippen LogP) is 1.98. The fourth-order valence-electron chi connectivity index (χ4n) is 2.83. The molecule has 0 atom stereocenters. The number of hydrogen-bond acceptors (Lipinski definition) is 7. The summed E-state index contributed by atoms with van der Waals surface area (Å²) in [5.74, 6) is 0.962. The fraction of sp³-hybridized carbons (Fsp3) is 0.588. The van der Waals surface area contributed by atoms with Gasteiger partial charge >= 0.3 is 0 Å². The number of nitrogens with one attached hydrogen (secondary N) is 1. The molecule has 1 fully saturated rings. The third-order valence-corrected chi connectivity index (χ3v) is 5.58. The Morgan fingerprint density at radius 2 is 2.12 bits per heavy atom. The molecule has 136 valence electrons. The van der Waals surface area contributed by atoms with Gasteiger partial charge in [0.1, 0.15) is 11.4 Å². The minimum absolute atomic E-state index is 0.0694. The Labute approximate surface area is 151 Å². The van der Waals surface area contributed by atoms with Crippen LogP contribution in [0.4, 0.5) is 0 Å². The number of methoxy groups -OCH3 is 2. The summed E-state index contributed by atoms with van der Waals surface area (Å²) >= 11 is 1.37. The zero-order valence-corrected chi connectivity index (χ0v) is 15.9.